The number of aromatic carboxylic acids is 1. The van der Waals surface area contributed by atoms with Gasteiger partial charge in [-0.2, -0.15) is 0 Å². The van der Waals surface area contributed by atoms with E-state index in [0.717, 1.165) is 10.6 Å². The quantitative estimate of drug-likeness (QED) is 0.695. The van der Waals surface area contributed by atoms with Crippen molar-refractivity contribution in [2.75, 3.05) is 7.11 Å². The first-order chi connectivity index (χ1) is 7.04. The number of pyridine rings is 1. The van der Waals surface area contributed by atoms with E-state index >= 15 is 0 Å². The van der Waals surface area contributed by atoms with Gasteiger partial charge in [0.1, 0.15) is 6.54 Å². The Morgan fingerprint density at radius 3 is 2.67 bits per heavy atom. The van der Waals surface area contributed by atoms with Crippen LogP contribution in [0.3, 0.4) is 0 Å². The summed E-state index contributed by atoms with van der Waals surface area (Å²) in [6.45, 7) is -0.227. The smallest absolute Gasteiger partial charge is 0.335 e. The molecule has 0 bridgehead atoms. The van der Waals surface area contributed by atoms with Crippen LogP contribution in [-0.2, 0) is 16.1 Å². The molecule has 1 aromatic heterocycles. The molecule has 0 amide bonds. The highest BCUT2D eigenvalue weighted by Gasteiger charge is 2.07. The Bertz CT molecular complexity index is 448. The molecule has 80 valence electrons. The monoisotopic (exact) mass is 211 g/mol. The molecule has 0 aliphatic heterocycles. The van der Waals surface area contributed by atoms with Gasteiger partial charge in [-0.15, -0.1) is 0 Å². The molecule has 0 atom stereocenters. The molecule has 6 nitrogen and oxygen atoms in total. The lowest BCUT2D eigenvalue weighted by atomic mass is 10.3. The summed E-state index contributed by atoms with van der Waals surface area (Å²) in [5.74, 6) is -1.75. The van der Waals surface area contributed by atoms with Crippen molar-refractivity contribution in [1.29, 1.82) is 0 Å². The van der Waals surface area contributed by atoms with Crippen LogP contribution in [0.5, 0.6) is 0 Å². The molecule has 1 rings (SSSR count). The number of carbonyl (C=O) groups is 2. The first-order valence-corrected chi connectivity index (χ1v) is 4.05. The van der Waals surface area contributed by atoms with E-state index in [0.29, 0.717) is 0 Å². The molecule has 0 radical (unpaired) electrons. The summed E-state index contributed by atoms with van der Waals surface area (Å²) in [6, 6.07) is 2.19. The molecule has 0 aliphatic rings. The molecule has 0 fully saturated rings. The minimum Gasteiger partial charge on any atom is -0.478 e. The molecular formula is C9H9NO5. The van der Waals surface area contributed by atoms with Gasteiger partial charge >= 0.3 is 11.9 Å². The third-order valence-electron chi connectivity index (χ3n) is 1.77. The van der Waals surface area contributed by atoms with E-state index in [2.05, 4.69) is 4.74 Å². The second kappa shape index (κ2) is 4.41. The van der Waals surface area contributed by atoms with E-state index in [1.165, 1.54) is 19.4 Å². The first kappa shape index (κ1) is 11.0. The Hall–Kier alpha value is -2.11. The summed E-state index contributed by atoms with van der Waals surface area (Å²) in [6.07, 6.45) is 1.24. The second-order valence-electron chi connectivity index (χ2n) is 2.76. The summed E-state index contributed by atoms with van der Waals surface area (Å²) in [5.41, 5.74) is -0.665. The summed E-state index contributed by atoms with van der Waals surface area (Å²) >= 11 is 0. The third kappa shape index (κ3) is 2.67. The number of hydrogen-bond acceptors (Lipinski definition) is 4. The van der Waals surface area contributed by atoms with Crippen molar-refractivity contribution in [3.63, 3.8) is 0 Å². The van der Waals surface area contributed by atoms with Gasteiger partial charge < -0.3 is 14.4 Å². The number of aromatic nitrogens is 1. The van der Waals surface area contributed by atoms with Gasteiger partial charge in [-0.3, -0.25) is 9.59 Å². The fourth-order valence-corrected chi connectivity index (χ4v) is 0.975. The van der Waals surface area contributed by atoms with Crippen molar-refractivity contribution in [3.8, 4) is 0 Å². The van der Waals surface area contributed by atoms with Crippen LogP contribution in [0.2, 0.25) is 0 Å². The number of ether oxygens (including phenoxy) is 1. The number of nitrogens with zero attached hydrogens (tertiary/aromatic N) is 1. The highest BCUT2D eigenvalue weighted by Crippen LogP contribution is 1.94. The van der Waals surface area contributed by atoms with Gasteiger partial charge in [0.15, 0.2) is 0 Å². The summed E-state index contributed by atoms with van der Waals surface area (Å²) < 4.78 is 5.44. The molecule has 15 heavy (non-hydrogen) atoms. The molecule has 6 heteroatoms. The molecule has 0 saturated heterocycles. The van der Waals surface area contributed by atoms with Gasteiger partial charge in [-0.05, 0) is 6.07 Å². The number of esters is 1. The topological polar surface area (TPSA) is 85.6 Å². The Labute approximate surface area is 84.7 Å². The third-order valence-corrected chi connectivity index (χ3v) is 1.77. The van der Waals surface area contributed by atoms with Crippen LogP contribution in [0.15, 0.2) is 23.1 Å². The largest absolute Gasteiger partial charge is 0.478 e. The second-order valence-corrected chi connectivity index (χ2v) is 2.76. The highest BCUT2D eigenvalue weighted by atomic mass is 16.5. The maximum absolute atomic E-state index is 11.3. The zero-order valence-electron chi connectivity index (χ0n) is 7.97. The number of rotatable bonds is 3. The normalized spacial score (nSPS) is 9.67. The molecular weight excluding hydrogens is 202 g/mol. The Morgan fingerprint density at radius 1 is 1.53 bits per heavy atom. The van der Waals surface area contributed by atoms with Crippen molar-refractivity contribution in [3.05, 3.63) is 34.2 Å². The minimum atomic E-state index is -1.18. The van der Waals surface area contributed by atoms with E-state index in [1.807, 2.05) is 0 Å². The SMILES string of the molecule is COC(=O)Cn1ccc(C(=O)O)cc1=O. The average Bonchev–Trinajstić information content (AvgIpc) is 2.20. The zero-order chi connectivity index (χ0) is 11.4. The van der Waals surface area contributed by atoms with Gasteiger partial charge in [0.25, 0.3) is 5.56 Å². The van der Waals surface area contributed by atoms with Crippen molar-refractivity contribution >= 4 is 11.9 Å². The summed E-state index contributed by atoms with van der Waals surface area (Å²) in [7, 11) is 1.21. The van der Waals surface area contributed by atoms with Crippen LogP contribution in [-0.4, -0.2) is 28.7 Å². The molecule has 1 N–H and O–H groups in total. The van der Waals surface area contributed by atoms with Crippen molar-refractivity contribution in [2.45, 2.75) is 6.54 Å². The molecule has 0 aromatic carbocycles. The molecule has 1 aromatic rings. The standard InChI is InChI=1S/C9H9NO5/c1-15-8(12)5-10-3-2-6(9(13)14)4-7(10)11/h2-4H,5H2,1H3,(H,13,14). The van der Waals surface area contributed by atoms with Gasteiger partial charge in [-0.25, -0.2) is 4.79 Å². The maximum Gasteiger partial charge on any atom is 0.335 e. The average molecular weight is 211 g/mol. The number of carboxylic acid groups (broad SMARTS) is 1. The van der Waals surface area contributed by atoms with E-state index in [4.69, 9.17) is 5.11 Å². The molecule has 0 saturated carbocycles. The van der Waals surface area contributed by atoms with Crippen LogP contribution in [0.1, 0.15) is 10.4 Å². The lowest BCUT2D eigenvalue weighted by molar-refractivity contribution is -0.141. The summed E-state index contributed by atoms with van der Waals surface area (Å²) in [4.78, 5) is 32.6. The van der Waals surface area contributed by atoms with E-state index in [9.17, 15) is 14.4 Å². The molecule has 0 spiro atoms. The van der Waals surface area contributed by atoms with Crippen LogP contribution in [0, 0.1) is 0 Å². The molecule has 1 heterocycles. The molecule has 0 aliphatic carbocycles. The molecule has 0 unspecified atom stereocenters. The number of hydrogen-bond donors (Lipinski definition) is 1. The predicted molar refractivity (Wildman–Crippen MR) is 49.7 cm³/mol. The van der Waals surface area contributed by atoms with Crippen LogP contribution < -0.4 is 5.56 Å². The van der Waals surface area contributed by atoms with Crippen molar-refractivity contribution in [2.24, 2.45) is 0 Å². The highest BCUT2D eigenvalue weighted by molar-refractivity contribution is 5.87. The predicted octanol–water partition coefficient (Wildman–Crippen LogP) is -0.280. The van der Waals surface area contributed by atoms with E-state index in [1.54, 1.807) is 0 Å². The summed E-state index contributed by atoms with van der Waals surface area (Å²) in [5, 5.41) is 8.59. The Kier molecular flexibility index (Phi) is 3.22. The van der Waals surface area contributed by atoms with E-state index in [-0.39, 0.29) is 12.1 Å². The van der Waals surface area contributed by atoms with Crippen LogP contribution >= 0.6 is 0 Å². The minimum absolute atomic E-state index is 0.110. The number of carboxylic acids is 1. The lowest BCUT2D eigenvalue weighted by Gasteiger charge is -2.03. The lowest BCUT2D eigenvalue weighted by Crippen LogP contribution is -2.24. The maximum atomic E-state index is 11.3. The van der Waals surface area contributed by atoms with E-state index < -0.39 is 17.5 Å². The van der Waals surface area contributed by atoms with Crippen molar-refractivity contribution in [1.82, 2.24) is 4.57 Å². The van der Waals surface area contributed by atoms with Crippen LogP contribution in [0.25, 0.3) is 0 Å². The van der Waals surface area contributed by atoms with Crippen LogP contribution in [0.4, 0.5) is 0 Å². The van der Waals surface area contributed by atoms with Gasteiger partial charge in [0.2, 0.25) is 0 Å². The van der Waals surface area contributed by atoms with Gasteiger partial charge in [-0.1, -0.05) is 0 Å². The fraction of sp³-hybridized carbons (Fsp3) is 0.222. The van der Waals surface area contributed by atoms with Gasteiger partial charge in [0, 0.05) is 12.3 Å². The van der Waals surface area contributed by atoms with Gasteiger partial charge in [0.05, 0.1) is 12.7 Å². The zero-order valence-corrected chi connectivity index (χ0v) is 7.97. The number of methoxy groups -OCH3 is 1. The Morgan fingerprint density at radius 2 is 2.20 bits per heavy atom. The Balaban J connectivity index is 2.99. The number of carbonyl (C=O) groups excluding carboxylic acids is 1. The fourth-order valence-electron chi connectivity index (χ4n) is 0.975. The van der Waals surface area contributed by atoms with Crippen molar-refractivity contribution < 1.29 is 19.4 Å². The first-order valence-electron chi connectivity index (χ1n) is 4.05.